The predicted octanol–water partition coefficient (Wildman–Crippen LogP) is 7.27. The molecule has 0 saturated carbocycles. The zero-order valence-corrected chi connectivity index (χ0v) is 19.6. The lowest BCUT2D eigenvalue weighted by atomic mass is 9.88. The van der Waals surface area contributed by atoms with Gasteiger partial charge in [-0.2, -0.15) is 0 Å². The van der Waals surface area contributed by atoms with Gasteiger partial charge in [-0.25, -0.2) is 0 Å². The molecule has 2 N–H and O–H groups in total. The number of ether oxygens (including phenoxy) is 2. The number of phenolic OH excluding ortho intramolecular Hbond substituents is 2. The molecule has 0 amide bonds. The van der Waals surface area contributed by atoms with Gasteiger partial charge in [-0.1, -0.05) is 57.2 Å². The van der Waals surface area contributed by atoms with Gasteiger partial charge in [0, 0.05) is 17.5 Å². The van der Waals surface area contributed by atoms with Crippen LogP contribution in [-0.2, 0) is 0 Å². The summed E-state index contributed by atoms with van der Waals surface area (Å²) in [6, 6.07) is 18.1. The van der Waals surface area contributed by atoms with E-state index in [-0.39, 0.29) is 17.4 Å². The minimum absolute atomic E-state index is 0.0425. The monoisotopic (exact) mass is 434 g/mol. The van der Waals surface area contributed by atoms with Crippen molar-refractivity contribution in [3.05, 3.63) is 96.1 Å². The van der Waals surface area contributed by atoms with E-state index in [4.69, 9.17) is 9.47 Å². The SMILES string of the molecule is C=C.CC.COc1cc(/C=C/c2ccc(O)cc2)c(C(C)c2ccc(O)cc2)c(OC)c1. The zero-order chi connectivity index (χ0) is 24.1. The Morgan fingerprint density at radius 3 is 1.81 bits per heavy atom. The van der Waals surface area contributed by atoms with Crippen LogP contribution in [0.5, 0.6) is 23.0 Å². The Morgan fingerprint density at radius 2 is 1.31 bits per heavy atom. The first-order chi connectivity index (χ1) is 15.5. The lowest BCUT2D eigenvalue weighted by molar-refractivity contribution is 0.390. The summed E-state index contributed by atoms with van der Waals surface area (Å²) in [6.07, 6.45) is 4.00. The van der Waals surface area contributed by atoms with Crippen LogP contribution in [0.25, 0.3) is 12.2 Å². The van der Waals surface area contributed by atoms with Crippen molar-refractivity contribution in [3.63, 3.8) is 0 Å². The van der Waals surface area contributed by atoms with Crippen LogP contribution in [0.2, 0.25) is 0 Å². The van der Waals surface area contributed by atoms with E-state index in [1.165, 1.54) is 0 Å². The Bertz CT molecular complexity index is 974. The number of hydrogen-bond donors (Lipinski definition) is 2. The van der Waals surface area contributed by atoms with Gasteiger partial charge in [0.25, 0.3) is 0 Å². The van der Waals surface area contributed by atoms with Gasteiger partial charge in [-0.3, -0.25) is 0 Å². The van der Waals surface area contributed by atoms with Crippen LogP contribution in [-0.4, -0.2) is 24.4 Å². The highest BCUT2D eigenvalue weighted by molar-refractivity contribution is 5.74. The maximum absolute atomic E-state index is 9.59. The van der Waals surface area contributed by atoms with Gasteiger partial charge in [-0.15, -0.1) is 13.2 Å². The fourth-order valence-corrected chi connectivity index (χ4v) is 3.21. The van der Waals surface area contributed by atoms with Gasteiger partial charge < -0.3 is 19.7 Å². The lowest BCUT2D eigenvalue weighted by Gasteiger charge is -2.20. The molecule has 32 heavy (non-hydrogen) atoms. The topological polar surface area (TPSA) is 58.9 Å². The van der Waals surface area contributed by atoms with E-state index >= 15 is 0 Å². The van der Waals surface area contributed by atoms with Crippen LogP contribution in [0.15, 0.2) is 73.8 Å². The number of hydrogen-bond acceptors (Lipinski definition) is 4. The van der Waals surface area contributed by atoms with E-state index in [1.54, 1.807) is 38.5 Å². The fraction of sp³-hybridized carbons (Fsp3) is 0.214. The van der Waals surface area contributed by atoms with Gasteiger partial charge in [-0.05, 0) is 47.0 Å². The Kier molecular flexibility index (Phi) is 11.2. The Morgan fingerprint density at radius 1 is 0.781 bits per heavy atom. The van der Waals surface area contributed by atoms with Crippen molar-refractivity contribution in [2.45, 2.75) is 26.7 Å². The quantitative estimate of drug-likeness (QED) is 0.316. The molecule has 0 spiro atoms. The van der Waals surface area contributed by atoms with Crippen molar-refractivity contribution in [1.29, 1.82) is 0 Å². The molecule has 0 heterocycles. The number of aromatic hydroxyl groups is 2. The molecule has 0 radical (unpaired) electrons. The molecule has 4 heteroatoms. The largest absolute Gasteiger partial charge is 0.508 e. The van der Waals surface area contributed by atoms with E-state index in [2.05, 4.69) is 20.1 Å². The third kappa shape index (κ3) is 6.95. The number of phenols is 2. The zero-order valence-electron chi connectivity index (χ0n) is 19.6. The van der Waals surface area contributed by atoms with Gasteiger partial charge in [0.15, 0.2) is 0 Å². The van der Waals surface area contributed by atoms with Crippen molar-refractivity contribution in [3.8, 4) is 23.0 Å². The molecule has 3 aromatic rings. The molecule has 0 aliphatic rings. The van der Waals surface area contributed by atoms with E-state index in [1.807, 2.05) is 62.4 Å². The molecule has 170 valence electrons. The van der Waals surface area contributed by atoms with Gasteiger partial charge in [0.2, 0.25) is 0 Å². The smallest absolute Gasteiger partial charge is 0.126 e. The van der Waals surface area contributed by atoms with Crippen LogP contribution >= 0.6 is 0 Å². The summed E-state index contributed by atoms with van der Waals surface area (Å²) in [5, 5.41) is 19.1. The van der Waals surface area contributed by atoms with Crippen molar-refractivity contribution >= 4 is 12.2 Å². The number of rotatable bonds is 6. The maximum Gasteiger partial charge on any atom is 0.126 e. The third-order valence-electron chi connectivity index (χ3n) is 4.78. The molecule has 0 bridgehead atoms. The molecule has 0 aliphatic heterocycles. The first kappa shape index (κ1) is 26.4. The second-order valence-electron chi connectivity index (χ2n) is 6.57. The molecule has 3 aromatic carbocycles. The Balaban J connectivity index is 0.00000121. The summed E-state index contributed by atoms with van der Waals surface area (Å²) < 4.78 is 11.1. The summed E-state index contributed by atoms with van der Waals surface area (Å²) in [6.45, 7) is 12.1. The Hall–Kier alpha value is -3.66. The highest BCUT2D eigenvalue weighted by atomic mass is 16.5. The molecule has 3 rings (SSSR count). The highest BCUT2D eigenvalue weighted by Gasteiger charge is 2.19. The van der Waals surface area contributed by atoms with Crippen LogP contribution in [0.4, 0.5) is 0 Å². The number of benzene rings is 3. The normalized spacial score (nSPS) is 10.9. The predicted molar refractivity (Wildman–Crippen MR) is 135 cm³/mol. The van der Waals surface area contributed by atoms with E-state index < -0.39 is 0 Å². The van der Waals surface area contributed by atoms with Crippen LogP contribution in [0.1, 0.15) is 48.9 Å². The minimum atomic E-state index is 0.0425. The average Bonchev–Trinajstić information content (AvgIpc) is 2.85. The molecule has 4 nitrogen and oxygen atoms in total. The summed E-state index contributed by atoms with van der Waals surface area (Å²) in [7, 11) is 3.28. The summed E-state index contributed by atoms with van der Waals surface area (Å²) in [4.78, 5) is 0. The van der Waals surface area contributed by atoms with Gasteiger partial charge in [0.1, 0.15) is 23.0 Å². The third-order valence-corrected chi connectivity index (χ3v) is 4.78. The second-order valence-corrected chi connectivity index (χ2v) is 6.57. The van der Waals surface area contributed by atoms with E-state index in [0.717, 1.165) is 28.0 Å². The molecular weight excluding hydrogens is 400 g/mol. The van der Waals surface area contributed by atoms with Crippen molar-refractivity contribution < 1.29 is 19.7 Å². The van der Waals surface area contributed by atoms with E-state index in [0.29, 0.717) is 5.75 Å². The first-order valence-electron chi connectivity index (χ1n) is 10.5. The molecule has 0 aliphatic carbocycles. The highest BCUT2D eigenvalue weighted by Crippen LogP contribution is 2.38. The van der Waals surface area contributed by atoms with Gasteiger partial charge in [0.05, 0.1) is 14.2 Å². The molecule has 0 fully saturated rings. The fourth-order valence-electron chi connectivity index (χ4n) is 3.21. The summed E-state index contributed by atoms with van der Waals surface area (Å²) in [5.41, 5.74) is 4.05. The standard InChI is InChI=1S/C24H24O4.C2H6.C2H4/c1-16(18-8-12-21(26)13-9-18)24-19(14-22(27-2)15-23(24)28-3)7-4-17-5-10-20(25)11-6-17;2*1-2/h4-16,25-26H,1-3H3;1-2H3;1-2H2/b7-4+;;. The number of methoxy groups -OCH3 is 2. The maximum atomic E-state index is 9.59. The lowest BCUT2D eigenvalue weighted by Crippen LogP contribution is -2.03. The Labute approximate surface area is 192 Å². The first-order valence-corrected chi connectivity index (χ1v) is 10.5. The molecule has 1 atom stereocenters. The second kappa shape index (κ2) is 13.6. The summed E-state index contributed by atoms with van der Waals surface area (Å²) >= 11 is 0. The van der Waals surface area contributed by atoms with Gasteiger partial charge >= 0.3 is 0 Å². The molecule has 1 unspecified atom stereocenters. The van der Waals surface area contributed by atoms with Crippen LogP contribution < -0.4 is 9.47 Å². The molecular formula is C28H34O4. The minimum Gasteiger partial charge on any atom is -0.508 e. The van der Waals surface area contributed by atoms with Crippen molar-refractivity contribution in [1.82, 2.24) is 0 Å². The summed E-state index contributed by atoms with van der Waals surface area (Å²) in [5.74, 6) is 1.97. The van der Waals surface area contributed by atoms with Crippen LogP contribution in [0, 0.1) is 0 Å². The average molecular weight is 435 g/mol. The van der Waals surface area contributed by atoms with Crippen molar-refractivity contribution in [2.24, 2.45) is 0 Å². The molecule has 0 aromatic heterocycles. The van der Waals surface area contributed by atoms with Crippen molar-refractivity contribution in [2.75, 3.05) is 14.2 Å². The van der Waals surface area contributed by atoms with E-state index in [9.17, 15) is 10.2 Å². The van der Waals surface area contributed by atoms with Crippen LogP contribution in [0.3, 0.4) is 0 Å². The molecule has 0 saturated heterocycles.